The molecule has 0 saturated carbocycles. The standard InChI is InChI=1S/C28H27N3O3/c32-28(29-15-12-22(13-16-29)18-21-4-2-1-3-5-21)25-9-8-24-14-17-30(27(24)19-25)20-23-6-10-26(11-7-23)31(33)34/h1-11,14,17,19,22H,12-13,15-16,18,20H2. The second-order valence-electron chi connectivity index (χ2n) is 9.07. The molecule has 3 aromatic carbocycles. The fourth-order valence-corrected chi connectivity index (χ4v) is 4.84. The lowest BCUT2D eigenvalue weighted by molar-refractivity contribution is -0.384. The number of non-ortho nitro benzene ring substituents is 1. The monoisotopic (exact) mass is 453 g/mol. The number of likely N-dealkylation sites (tertiary alicyclic amines) is 1. The van der Waals surface area contributed by atoms with Crippen molar-refractivity contribution in [2.24, 2.45) is 5.92 Å². The van der Waals surface area contributed by atoms with Gasteiger partial charge >= 0.3 is 0 Å². The van der Waals surface area contributed by atoms with E-state index in [4.69, 9.17) is 0 Å². The summed E-state index contributed by atoms with van der Waals surface area (Å²) in [5.41, 5.74) is 4.12. The third-order valence-electron chi connectivity index (χ3n) is 6.79. The summed E-state index contributed by atoms with van der Waals surface area (Å²) < 4.78 is 2.08. The lowest BCUT2D eigenvalue weighted by atomic mass is 9.90. The number of nitro groups is 1. The van der Waals surface area contributed by atoms with Crippen molar-refractivity contribution in [2.75, 3.05) is 13.1 Å². The van der Waals surface area contributed by atoms with Crippen LogP contribution >= 0.6 is 0 Å². The maximum Gasteiger partial charge on any atom is 0.269 e. The van der Waals surface area contributed by atoms with Gasteiger partial charge < -0.3 is 9.47 Å². The first kappa shape index (κ1) is 21.9. The van der Waals surface area contributed by atoms with Gasteiger partial charge in [0.2, 0.25) is 0 Å². The van der Waals surface area contributed by atoms with Crippen LogP contribution in [0.5, 0.6) is 0 Å². The number of rotatable bonds is 6. The Kier molecular flexibility index (Phi) is 6.12. The molecular weight excluding hydrogens is 426 g/mol. The summed E-state index contributed by atoms with van der Waals surface area (Å²) in [6.07, 6.45) is 5.12. The van der Waals surface area contributed by atoms with Crippen LogP contribution in [-0.4, -0.2) is 33.4 Å². The minimum Gasteiger partial charge on any atom is -0.343 e. The molecule has 0 unspecified atom stereocenters. The molecule has 0 atom stereocenters. The molecule has 2 heterocycles. The van der Waals surface area contributed by atoms with E-state index in [1.54, 1.807) is 12.1 Å². The highest BCUT2D eigenvalue weighted by Gasteiger charge is 2.24. The molecular formula is C28H27N3O3. The van der Waals surface area contributed by atoms with Crippen molar-refractivity contribution in [3.63, 3.8) is 0 Å². The zero-order valence-electron chi connectivity index (χ0n) is 19.0. The van der Waals surface area contributed by atoms with Crippen LogP contribution in [0, 0.1) is 16.0 Å². The first-order chi connectivity index (χ1) is 16.6. The van der Waals surface area contributed by atoms with Crippen LogP contribution in [0.15, 0.2) is 85.1 Å². The van der Waals surface area contributed by atoms with Crippen molar-refractivity contribution < 1.29 is 9.72 Å². The molecule has 172 valence electrons. The van der Waals surface area contributed by atoms with Gasteiger partial charge in [0.25, 0.3) is 11.6 Å². The Balaban J connectivity index is 1.27. The Bertz CT molecular complexity index is 1300. The van der Waals surface area contributed by atoms with Gasteiger partial charge in [0.1, 0.15) is 0 Å². The fourth-order valence-electron chi connectivity index (χ4n) is 4.84. The molecule has 0 radical (unpaired) electrons. The van der Waals surface area contributed by atoms with Gasteiger partial charge in [-0.2, -0.15) is 0 Å². The molecule has 1 aromatic heterocycles. The van der Waals surface area contributed by atoms with Gasteiger partial charge in [-0.15, -0.1) is 0 Å². The van der Waals surface area contributed by atoms with Crippen LogP contribution in [0.2, 0.25) is 0 Å². The average molecular weight is 454 g/mol. The van der Waals surface area contributed by atoms with Crippen molar-refractivity contribution in [1.82, 2.24) is 9.47 Å². The molecule has 1 amide bonds. The maximum atomic E-state index is 13.3. The van der Waals surface area contributed by atoms with Crippen LogP contribution in [0.1, 0.15) is 34.3 Å². The van der Waals surface area contributed by atoms with Crippen LogP contribution in [0.3, 0.4) is 0 Å². The minimum atomic E-state index is -0.392. The first-order valence-electron chi connectivity index (χ1n) is 11.7. The number of hydrogen-bond acceptors (Lipinski definition) is 3. The molecule has 0 N–H and O–H groups in total. The summed E-state index contributed by atoms with van der Waals surface area (Å²) in [7, 11) is 0. The molecule has 6 heteroatoms. The zero-order valence-corrected chi connectivity index (χ0v) is 19.0. The normalized spacial score (nSPS) is 14.4. The maximum absolute atomic E-state index is 13.3. The molecule has 1 saturated heterocycles. The second kappa shape index (κ2) is 9.51. The van der Waals surface area contributed by atoms with Gasteiger partial charge in [-0.25, -0.2) is 0 Å². The van der Waals surface area contributed by atoms with Crippen LogP contribution in [0.4, 0.5) is 5.69 Å². The van der Waals surface area contributed by atoms with E-state index in [0.29, 0.717) is 18.0 Å². The quantitative estimate of drug-likeness (QED) is 0.278. The molecule has 1 aliphatic rings. The molecule has 0 bridgehead atoms. The number of benzene rings is 3. The molecule has 34 heavy (non-hydrogen) atoms. The Hall–Kier alpha value is -3.93. The molecule has 6 nitrogen and oxygen atoms in total. The number of fused-ring (bicyclic) bond motifs is 1. The number of amides is 1. The van der Waals surface area contributed by atoms with Crippen molar-refractivity contribution in [2.45, 2.75) is 25.8 Å². The van der Waals surface area contributed by atoms with Crippen molar-refractivity contribution in [3.8, 4) is 0 Å². The SMILES string of the molecule is O=C(c1ccc2ccn(Cc3ccc([N+](=O)[O-])cc3)c2c1)N1CCC(Cc2ccccc2)CC1. The number of hydrogen-bond donors (Lipinski definition) is 0. The van der Waals surface area contributed by atoms with E-state index >= 15 is 0 Å². The molecule has 1 fully saturated rings. The van der Waals surface area contributed by atoms with E-state index in [-0.39, 0.29) is 11.6 Å². The van der Waals surface area contributed by atoms with Crippen LogP contribution in [-0.2, 0) is 13.0 Å². The summed E-state index contributed by atoms with van der Waals surface area (Å²) in [5.74, 6) is 0.705. The summed E-state index contributed by atoms with van der Waals surface area (Å²) in [6.45, 7) is 2.17. The van der Waals surface area contributed by atoms with E-state index in [9.17, 15) is 14.9 Å². The number of piperidine rings is 1. The van der Waals surface area contributed by atoms with Gasteiger partial charge in [0.05, 0.1) is 4.92 Å². The van der Waals surface area contributed by atoms with E-state index < -0.39 is 4.92 Å². The Morgan fingerprint density at radius 3 is 2.35 bits per heavy atom. The second-order valence-corrected chi connectivity index (χ2v) is 9.07. The van der Waals surface area contributed by atoms with Gasteiger partial charge in [0, 0.05) is 49.0 Å². The van der Waals surface area contributed by atoms with E-state index in [0.717, 1.165) is 48.8 Å². The van der Waals surface area contributed by atoms with Crippen molar-refractivity contribution in [1.29, 1.82) is 0 Å². The third-order valence-corrected chi connectivity index (χ3v) is 6.79. The topological polar surface area (TPSA) is 68.4 Å². The van der Waals surface area contributed by atoms with Gasteiger partial charge in [-0.05, 0) is 59.9 Å². The fraction of sp³-hybridized carbons (Fsp3) is 0.250. The zero-order chi connectivity index (χ0) is 23.5. The molecule has 0 aliphatic carbocycles. The summed E-state index contributed by atoms with van der Waals surface area (Å²) in [4.78, 5) is 25.7. The van der Waals surface area contributed by atoms with Gasteiger partial charge in [-0.3, -0.25) is 14.9 Å². The predicted octanol–water partition coefficient (Wildman–Crippen LogP) is 5.69. The van der Waals surface area contributed by atoms with Crippen LogP contribution < -0.4 is 0 Å². The highest BCUT2D eigenvalue weighted by atomic mass is 16.6. The average Bonchev–Trinajstić information content (AvgIpc) is 3.27. The molecule has 4 aromatic rings. The van der Waals surface area contributed by atoms with Gasteiger partial charge in [-0.1, -0.05) is 48.5 Å². The molecule has 1 aliphatic heterocycles. The smallest absolute Gasteiger partial charge is 0.269 e. The predicted molar refractivity (Wildman–Crippen MR) is 133 cm³/mol. The number of nitro benzene ring substituents is 1. The van der Waals surface area contributed by atoms with Crippen LogP contribution in [0.25, 0.3) is 10.9 Å². The lowest BCUT2D eigenvalue weighted by Gasteiger charge is -2.32. The lowest BCUT2D eigenvalue weighted by Crippen LogP contribution is -2.38. The number of carbonyl (C=O) groups is 1. The summed E-state index contributed by atoms with van der Waals surface area (Å²) in [6, 6.07) is 25.1. The summed E-state index contributed by atoms with van der Waals surface area (Å²) >= 11 is 0. The Morgan fingerprint density at radius 2 is 1.65 bits per heavy atom. The van der Waals surface area contributed by atoms with E-state index in [1.807, 2.05) is 41.4 Å². The molecule has 0 spiro atoms. The minimum absolute atomic E-state index is 0.0848. The van der Waals surface area contributed by atoms with E-state index in [2.05, 4.69) is 28.8 Å². The molecule has 5 rings (SSSR count). The highest BCUT2D eigenvalue weighted by molar-refractivity contribution is 5.98. The Morgan fingerprint density at radius 1 is 0.912 bits per heavy atom. The van der Waals surface area contributed by atoms with Crippen molar-refractivity contribution in [3.05, 3.63) is 112 Å². The third kappa shape index (κ3) is 4.71. The largest absolute Gasteiger partial charge is 0.343 e. The first-order valence-corrected chi connectivity index (χ1v) is 11.7. The number of aromatic nitrogens is 1. The summed E-state index contributed by atoms with van der Waals surface area (Å²) in [5, 5.41) is 12.0. The number of carbonyl (C=O) groups excluding carboxylic acids is 1. The van der Waals surface area contributed by atoms with Gasteiger partial charge in [0.15, 0.2) is 0 Å². The highest BCUT2D eigenvalue weighted by Crippen LogP contribution is 2.25. The van der Waals surface area contributed by atoms with E-state index in [1.165, 1.54) is 17.7 Å². The number of nitrogens with zero attached hydrogens (tertiary/aromatic N) is 3. The Labute approximate surface area is 198 Å². The van der Waals surface area contributed by atoms with Crippen molar-refractivity contribution >= 4 is 22.5 Å².